The maximum Gasteiger partial charge on any atom is 0.368 e. The third kappa shape index (κ3) is 4.17. The zero-order chi connectivity index (χ0) is 22.1. The van der Waals surface area contributed by atoms with Crippen molar-refractivity contribution in [3.05, 3.63) is 79.9 Å². The van der Waals surface area contributed by atoms with Crippen LogP contribution in [0.2, 0.25) is 10.0 Å². The Hall–Kier alpha value is -3.23. The van der Waals surface area contributed by atoms with Gasteiger partial charge in [0.25, 0.3) is 0 Å². The third-order valence-corrected chi connectivity index (χ3v) is 5.34. The predicted octanol–water partition coefficient (Wildman–Crippen LogP) is 3.93. The zero-order valence-corrected chi connectivity index (χ0v) is 18.5. The quantitative estimate of drug-likeness (QED) is 0.452. The van der Waals surface area contributed by atoms with Gasteiger partial charge in [-0.05, 0) is 53.6 Å². The Bertz CT molecular complexity index is 1310. The second-order valence-corrected chi connectivity index (χ2v) is 7.82. The lowest BCUT2D eigenvalue weighted by Crippen LogP contribution is -2.23. The molecule has 2 heterocycles. The Morgan fingerprint density at radius 3 is 2.45 bits per heavy atom. The van der Waals surface area contributed by atoms with Gasteiger partial charge in [-0.15, -0.1) is 0 Å². The van der Waals surface area contributed by atoms with E-state index in [9.17, 15) is 4.79 Å². The van der Waals surface area contributed by atoms with Crippen LogP contribution in [0.3, 0.4) is 0 Å². The lowest BCUT2D eigenvalue weighted by molar-refractivity contribution is 0.305. The summed E-state index contributed by atoms with van der Waals surface area (Å²) < 4.78 is 8.46. The molecule has 0 unspecified atom stereocenters. The second-order valence-electron chi connectivity index (χ2n) is 6.98. The van der Waals surface area contributed by atoms with E-state index in [1.54, 1.807) is 19.2 Å². The van der Waals surface area contributed by atoms with E-state index in [0.717, 1.165) is 22.3 Å². The molecule has 2 aromatic heterocycles. The van der Waals surface area contributed by atoms with E-state index >= 15 is 0 Å². The fourth-order valence-corrected chi connectivity index (χ4v) is 3.46. The first-order valence-corrected chi connectivity index (χ1v) is 10.1. The maximum absolute atomic E-state index is 12.3. The monoisotopic (exact) mass is 456 g/mol. The molecule has 0 fully saturated rings. The zero-order valence-electron chi connectivity index (χ0n) is 17.0. The molecule has 2 aromatic carbocycles. The Morgan fingerprint density at radius 1 is 1.03 bits per heavy atom. The Balaban J connectivity index is 1.65. The summed E-state index contributed by atoms with van der Waals surface area (Å²) in [7, 11) is 1.55. The second kappa shape index (κ2) is 8.49. The van der Waals surface area contributed by atoms with Crippen LogP contribution >= 0.6 is 23.2 Å². The van der Waals surface area contributed by atoms with Crippen molar-refractivity contribution in [3.63, 3.8) is 0 Å². The number of halogens is 2. The van der Waals surface area contributed by atoms with Crippen molar-refractivity contribution >= 4 is 23.2 Å². The molecule has 0 bridgehead atoms. The number of benzene rings is 2. The van der Waals surface area contributed by atoms with Gasteiger partial charge in [0.05, 0.1) is 15.7 Å². The molecular weight excluding hydrogens is 439 g/mol. The number of aromatic nitrogens is 6. The van der Waals surface area contributed by atoms with Crippen molar-refractivity contribution in [1.29, 1.82) is 0 Å². The lowest BCUT2D eigenvalue weighted by atomic mass is 10.1. The van der Waals surface area contributed by atoms with Gasteiger partial charge < -0.3 is 4.74 Å². The first-order valence-electron chi connectivity index (χ1n) is 9.34. The van der Waals surface area contributed by atoms with Crippen LogP contribution in [0.5, 0.6) is 5.75 Å². The maximum atomic E-state index is 12.3. The molecule has 0 radical (unpaired) electrons. The van der Waals surface area contributed by atoms with Crippen molar-refractivity contribution in [1.82, 2.24) is 29.8 Å². The van der Waals surface area contributed by atoms with Crippen molar-refractivity contribution in [2.75, 3.05) is 0 Å². The van der Waals surface area contributed by atoms with Gasteiger partial charge in [0.2, 0.25) is 0 Å². The number of rotatable bonds is 5. The van der Waals surface area contributed by atoms with E-state index in [1.807, 2.05) is 32.0 Å². The van der Waals surface area contributed by atoms with Crippen LogP contribution in [0.1, 0.15) is 16.7 Å². The van der Waals surface area contributed by atoms with Crippen LogP contribution < -0.4 is 10.4 Å². The van der Waals surface area contributed by atoms with E-state index in [-0.39, 0.29) is 12.3 Å². The molecule has 0 aliphatic rings. The Kier molecular flexibility index (Phi) is 5.75. The van der Waals surface area contributed by atoms with Gasteiger partial charge in [0, 0.05) is 30.6 Å². The van der Waals surface area contributed by atoms with E-state index < -0.39 is 0 Å². The van der Waals surface area contributed by atoms with Crippen LogP contribution in [0.4, 0.5) is 0 Å². The smallest absolute Gasteiger partial charge is 0.368 e. The first kappa shape index (κ1) is 21.0. The van der Waals surface area contributed by atoms with Gasteiger partial charge in [0.15, 0.2) is 5.82 Å². The molecule has 0 aliphatic heterocycles. The van der Waals surface area contributed by atoms with Gasteiger partial charge in [-0.1, -0.05) is 35.3 Å². The minimum atomic E-state index is -0.340. The highest BCUT2D eigenvalue weighted by Gasteiger charge is 2.16. The molecule has 0 saturated carbocycles. The summed E-state index contributed by atoms with van der Waals surface area (Å²) in [5, 5.41) is 8.61. The predicted molar refractivity (Wildman–Crippen MR) is 118 cm³/mol. The molecule has 8 nitrogen and oxygen atoms in total. The van der Waals surface area contributed by atoms with Crippen molar-refractivity contribution < 1.29 is 4.74 Å². The van der Waals surface area contributed by atoms with Crippen LogP contribution in [0, 0.1) is 13.8 Å². The number of hydrogen-bond acceptors (Lipinski definition) is 6. The van der Waals surface area contributed by atoms with Gasteiger partial charge in [-0.25, -0.2) is 14.8 Å². The van der Waals surface area contributed by atoms with Gasteiger partial charge in [-0.3, -0.25) is 0 Å². The van der Waals surface area contributed by atoms with Gasteiger partial charge in [0.1, 0.15) is 12.4 Å². The summed E-state index contributed by atoms with van der Waals surface area (Å²) in [5.74, 6) is 1.04. The molecular formula is C21H18Cl2N6O2. The highest BCUT2D eigenvalue weighted by atomic mass is 35.5. The molecule has 0 amide bonds. The van der Waals surface area contributed by atoms with E-state index in [0.29, 0.717) is 27.3 Å². The molecule has 0 aliphatic carbocycles. The van der Waals surface area contributed by atoms with Crippen molar-refractivity contribution in [2.45, 2.75) is 20.5 Å². The Morgan fingerprint density at radius 2 is 1.77 bits per heavy atom. The average Bonchev–Trinajstić information content (AvgIpc) is 3.08. The molecule has 0 N–H and O–H groups in total. The molecule has 4 aromatic rings. The van der Waals surface area contributed by atoms with Crippen LogP contribution in [0.15, 0.2) is 47.5 Å². The summed E-state index contributed by atoms with van der Waals surface area (Å²) in [4.78, 5) is 20.8. The fraction of sp³-hybridized carbons (Fsp3) is 0.190. The van der Waals surface area contributed by atoms with E-state index in [4.69, 9.17) is 27.9 Å². The third-order valence-electron chi connectivity index (χ3n) is 4.85. The normalized spacial score (nSPS) is 11.0. The lowest BCUT2D eigenvalue weighted by Gasteiger charge is -2.15. The Labute approximate surface area is 188 Å². The fourth-order valence-electron chi connectivity index (χ4n) is 3.15. The summed E-state index contributed by atoms with van der Waals surface area (Å²) in [6, 6.07) is 9.20. The number of nitrogens with zero attached hydrogens (tertiary/aromatic N) is 6. The highest BCUT2D eigenvalue weighted by Crippen LogP contribution is 2.33. The molecule has 0 spiro atoms. The van der Waals surface area contributed by atoms with Crippen molar-refractivity contribution in [2.24, 2.45) is 7.05 Å². The van der Waals surface area contributed by atoms with Crippen molar-refractivity contribution in [3.8, 4) is 22.8 Å². The van der Waals surface area contributed by atoms with Gasteiger partial charge in [-0.2, -0.15) is 9.36 Å². The number of hydrogen-bond donors (Lipinski definition) is 0. The van der Waals surface area contributed by atoms with Gasteiger partial charge >= 0.3 is 5.69 Å². The minimum absolute atomic E-state index is 0.195. The standard InChI is InChI=1S/C21H18Cl2N6O2/c1-12-5-4-6-18(29-21(30)28(3)26-27-29)16(12)11-31-19-7-13(2)15(8-17(19)23)20-24-9-14(22)10-25-20/h4-10H,11H2,1-3H3. The van der Waals surface area contributed by atoms with E-state index in [2.05, 4.69) is 20.4 Å². The molecule has 158 valence electrons. The largest absolute Gasteiger partial charge is 0.487 e. The summed E-state index contributed by atoms with van der Waals surface area (Å²) in [6.07, 6.45) is 3.07. The highest BCUT2D eigenvalue weighted by molar-refractivity contribution is 6.32. The van der Waals surface area contributed by atoms with Crippen LogP contribution in [-0.4, -0.2) is 29.8 Å². The molecule has 4 rings (SSSR count). The molecule has 0 saturated heterocycles. The summed E-state index contributed by atoms with van der Waals surface area (Å²) >= 11 is 12.4. The van der Waals surface area contributed by atoms with Crippen LogP contribution in [-0.2, 0) is 13.7 Å². The minimum Gasteiger partial charge on any atom is -0.487 e. The number of ether oxygens (including phenoxy) is 1. The molecule has 0 atom stereocenters. The molecule has 10 heteroatoms. The number of aryl methyl sites for hydroxylation is 3. The average molecular weight is 457 g/mol. The topological polar surface area (TPSA) is 87.7 Å². The number of tetrazole rings is 1. The summed E-state index contributed by atoms with van der Waals surface area (Å²) in [5.41, 5.74) is 3.72. The first-order chi connectivity index (χ1) is 14.8. The van der Waals surface area contributed by atoms with Crippen LogP contribution in [0.25, 0.3) is 17.1 Å². The SMILES string of the molecule is Cc1cc(OCc2c(C)cccc2-n2nnn(C)c2=O)c(Cl)cc1-c1ncc(Cl)cn1. The summed E-state index contributed by atoms with van der Waals surface area (Å²) in [6.45, 7) is 4.06. The van der Waals surface area contributed by atoms with E-state index in [1.165, 1.54) is 21.8 Å². The molecule has 31 heavy (non-hydrogen) atoms.